The molecule has 5 N–H and O–H groups in total. The van der Waals surface area contributed by atoms with Gasteiger partial charge in [0, 0.05) is 0 Å². The van der Waals surface area contributed by atoms with Crippen LogP contribution in [0.2, 0.25) is 0 Å². The normalized spacial score (nSPS) is 12.8. The average molecular weight is 236 g/mol. The van der Waals surface area contributed by atoms with Gasteiger partial charge in [0.1, 0.15) is 0 Å². The van der Waals surface area contributed by atoms with E-state index >= 15 is 0 Å². The third kappa shape index (κ3) is 5.84. The molecule has 66 valence electrons. The maximum absolute atomic E-state index is 10.9. The average Bonchev–Trinajstić information content (AvgIpc) is 1.56. The Kier molecular flexibility index (Phi) is 3.76. The van der Waals surface area contributed by atoms with E-state index in [9.17, 15) is 4.79 Å². The molecule has 0 aliphatic heterocycles. The molecular weight excluding hydrogens is 228 g/mol. The van der Waals surface area contributed by atoms with Crippen molar-refractivity contribution in [1.29, 1.82) is 0 Å². The molecule has 0 heterocycles. The zero-order valence-corrected chi connectivity index (χ0v) is 8.90. The van der Waals surface area contributed by atoms with Crippen molar-refractivity contribution in [2.24, 2.45) is 11.0 Å². The Hall–Kier alpha value is 0.620. The number of carbonyl (C=O) groups is 1. The molecule has 0 fully saturated rings. The van der Waals surface area contributed by atoms with Crippen LogP contribution in [-0.2, 0) is 16.6 Å². The molecule has 0 saturated carbocycles. The summed E-state index contributed by atoms with van der Waals surface area (Å²) in [5.41, 5.74) is 10.4. The first-order valence-corrected chi connectivity index (χ1v) is 6.20. The van der Waals surface area contributed by atoms with Crippen molar-refractivity contribution in [3.8, 4) is 0 Å². The molecule has 0 rings (SSSR count). The van der Waals surface area contributed by atoms with Crippen LogP contribution in [0.1, 0.15) is 6.92 Å². The van der Waals surface area contributed by atoms with Crippen LogP contribution < -0.4 is 16.1 Å². The Balaban J connectivity index is 4.23. The Labute approximate surface area is 79.8 Å². The number of alkyl halides is 2. The summed E-state index contributed by atoms with van der Waals surface area (Å²) in [6, 6.07) is 0. The van der Waals surface area contributed by atoms with Crippen LogP contribution in [0.3, 0.4) is 0 Å². The first-order valence-electron chi connectivity index (χ1n) is 2.50. The predicted octanol–water partition coefficient (Wildman–Crippen LogP) is 0.438. The fourth-order valence-electron chi connectivity index (χ4n) is 0.257. The molecule has 0 spiro atoms. The number of nitrogens with two attached hydrogens (primary N) is 2. The van der Waals surface area contributed by atoms with Gasteiger partial charge in [0.2, 0.25) is 0 Å². The van der Waals surface area contributed by atoms with E-state index in [0.717, 1.165) is 0 Å². The minimum atomic E-state index is -2.75. The first kappa shape index (κ1) is 11.6. The molecule has 4 nitrogen and oxygen atoms in total. The number of nitrogens with one attached hydrogen (secondary N) is 1. The lowest BCUT2D eigenvalue weighted by Crippen LogP contribution is -2.37. The van der Waals surface area contributed by atoms with Gasteiger partial charge in [-0.2, -0.15) is 0 Å². The zero-order valence-electron chi connectivity index (χ0n) is 5.67. The molecule has 0 bridgehead atoms. The largest absolute Gasteiger partial charge is 0.303 e. The van der Waals surface area contributed by atoms with Crippen molar-refractivity contribution in [1.82, 2.24) is 5.09 Å². The molecule has 8 heteroatoms. The van der Waals surface area contributed by atoms with E-state index in [2.05, 4.69) is 16.9 Å². The van der Waals surface area contributed by atoms with E-state index in [1.165, 1.54) is 6.92 Å². The molecular formula is C3H8Cl2N3OPS. The molecule has 0 unspecified atom stereocenters. The fraction of sp³-hybridized carbons (Fsp3) is 0.667. The highest BCUT2D eigenvalue weighted by Crippen LogP contribution is 2.25. The summed E-state index contributed by atoms with van der Waals surface area (Å²) in [5.74, 6) is -0.672. The summed E-state index contributed by atoms with van der Waals surface area (Å²) >= 11 is 15.4. The van der Waals surface area contributed by atoms with Crippen LogP contribution in [-0.4, -0.2) is 10.2 Å². The van der Waals surface area contributed by atoms with E-state index in [0.29, 0.717) is 0 Å². The van der Waals surface area contributed by atoms with Crippen molar-refractivity contribution >= 4 is 47.4 Å². The maximum atomic E-state index is 10.9. The summed E-state index contributed by atoms with van der Waals surface area (Å²) < 4.78 is -1.54. The summed E-state index contributed by atoms with van der Waals surface area (Å²) in [4.78, 5) is 10.9. The minimum Gasteiger partial charge on any atom is -0.303 e. The van der Waals surface area contributed by atoms with E-state index in [1.54, 1.807) is 0 Å². The van der Waals surface area contributed by atoms with Crippen molar-refractivity contribution < 1.29 is 4.79 Å². The second-order valence-corrected chi connectivity index (χ2v) is 7.20. The van der Waals surface area contributed by atoms with Gasteiger partial charge in [0.25, 0.3) is 5.91 Å². The van der Waals surface area contributed by atoms with Gasteiger partial charge in [-0.25, -0.2) is 0 Å². The van der Waals surface area contributed by atoms with E-state index in [1.807, 2.05) is 0 Å². The smallest absolute Gasteiger partial charge is 0.261 e. The number of hydrogen-bond acceptors (Lipinski definition) is 2. The van der Waals surface area contributed by atoms with E-state index in [-0.39, 0.29) is 0 Å². The SMILES string of the molecule is CC(Cl)(Cl)C(=O)NP(N)(N)=S. The molecule has 0 aromatic heterocycles. The van der Waals surface area contributed by atoms with E-state index < -0.39 is 16.7 Å². The third-order valence-electron chi connectivity index (χ3n) is 0.675. The summed E-state index contributed by atoms with van der Waals surface area (Å²) in [5, 5.41) is 2.14. The van der Waals surface area contributed by atoms with Gasteiger partial charge in [0.05, 0.1) is 0 Å². The number of halogens is 2. The fourth-order valence-corrected chi connectivity index (χ4v) is 1.27. The van der Waals surface area contributed by atoms with Crippen molar-refractivity contribution in [2.45, 2.75) is 11.3 Å². The van der Waals surface area contributed by atoms with Gasteiger partial charge in [-0.15, -0.1) is 0 Å². The lowest BCUT2D eigenvalue weighted by molar-refractivity contribution is -0.119. The summed E-state index contributed by atoms with van der Waals surface area (Å²) in [6.07, 6.45) is 0. The molecule has 0 aliphatic carbocycles. The van der Waals surface area contributed by atoms with Crippen molar-refractivity contribution in [3.63, 3.8) is 0 Å². The van der Waals surface area contributed by atoms with Gasteiger partial charge < -0.3 is 5.09 Å². The van der Waals surface area contributed by atoms with Gasteiger partial charge >= 0.3 is 0 Å². The standard InChI is InChI=1S/C3H8Cl2N3OPS/c1-3(4,5)2(9)8-10(6,7)11/h1H3,(H5,6,7,8,9,11). The van der Waals surface area contributed by atoms with Crippen molar-refractivity contribution in [3.05, 3.63) is 0 Å². The third-order valence-corrected chi connectivity index (χ3v) is 1.84. The van der Waals surface area contributed by atoms with Crippen molar-refractivity contribution in [2.75, 3.05) is 0 Å². The quantitative estimate of drug-likeness (QED) is 0.480. The lowest BCUT2D eigenvalue weighted by atomic mass is 10.4. The Morgan fingerprint density at radius 3 is 2.09 bits per heavy atom. The zero-order chi connectivity index (χ0) is 9.28. The molecule has 0 atom stereocenters. The van der Waals surface area contributed by atoms with Gasteiger partial charge in [0.15, 0.2) is 10.8 Å². The molecule has 0 aromatic rings. The van der Waals surface area contributed by atoms with Gasteiger partial charge in [-0.3, -0.25) is 15.8 Å². The highest BCUT2D eigenvalue weighted by molar-refractivity contribution is 8.11. The monoisotopic (exact) mass is 235 g/mol. The predicted molar refractivity (Wildman–Crippen MR) is 50.9 cm³/mol. The molecule has 1 amide bonds. The second-order valence-electron chi connectivity index (χ2n) is 2.04. The van der Waals surface area contributed by atoms with Crippen LogP contribution >= 0.6 is 29.7 Å². The van der Waals surface area contributed by atoms with Crippen LogP contribution in [0.4, 0.5) is 0 Å². The molecule has 0 saturated heterocycles. The van der Waals surface area contributed by atoms with Gasteiger partial charge in [-0.1, -0.05) is 23.2 Å². The molecule has 0 aliphatic rings. The Morgan fingerprint density at radius 2 is 2.00 bits per heavy atom. The van der Waals surface area contributed by atoms with Crippen LogP contribution in [0.15, 0.2) is 0 Å². The number of rotatable bonds is 2. The maximum Gasteiger partial charge on any atom is 0.261 e. The number of amides is 1. The lowest BCUT2D eigenvalue weighted by Gasteiger charge is -2.17. The summed E-state index contributed by atoms with van der Waals surface area (Å²) in [7, 11) is 0. The number of hydrogen-bond donors (Lipinski definition) is 3. The second kappa shape index (κ2) is 3.56. The molecule has 0 radical (unpaired) electrons. The van der Waals surface area contributed by atoms with Crippen LogP contribution in [0, 0.1) is 0 Å². The highest BCUT2D eigenvalue weighted by atomic mass is 35.5. The Morgan fingerprint density at radius 1 is 1.64 bits per heavy atom. The topological polar surface area (TPSA) is 81.1 Å². The minimum absolute atomic E-state index is 0.672. The first-order chi connectivity index (χ1) is 4.63. The van der Waals surface area contributed by atoms with Gasteiger partial charge in [-0.05, 0) is 18.7 Å². The van der Waals surface area contributed by atoms with E-state index in [4.69, 9.17) is 34.2 Å². The summed E-state index contributed by atoms with van der Waals surface area (Å²) in [6.45, 7) is -1.45. The van der Waals surface area contributed by atoms with Crippen LogP contribution in [0.5, 0.6) is 0 Å². The molecule has 0 aromatic carbocycles. The highest BCUT2D eigenvalue weighted by Gasteiger charge is 2.29. The van der Waals surface area contributed by atoms with Crippen LogP contribution in [0.25, 0.3) is 0 Å². The Bertz CT molecular complexity index is 209. The number of carbonyl (C=O) groups excluding carboxylic acids is 1. The molecule has 11 heavy (non-hydrogen) atoms.